The van der Waals surface area contributed by atoms with Crippen LogP contribution < -0.4 is 14.4 Å². The smallest absolute Gasteiger partial charge is 0.244 e. The predicted octanol–water partition coefficient (Wildman–Crippen LogP) is 1.82. The van der Waals surface area contributed by atoms with Gasteiger partial charge in [0.2, 0.25) is 21.8 Å². The third-order valence-corrected chi connectivity index (χ3v) is 5.28. The molecule has 8 heteroatoms. The summed E-state index contributed by atoms with van der Waals surface area (Å²) in [5, 5.41) is 0. The fraction of sp³-hybridized carbons (Fsp3) is 0.500. The van der Waals surface area contributed by atoms with Gasteiger partial charge in [-0.1, -0.05) is 13.3 Å². The highest BCUT2D eigenvalue weighted by molar-refractivity contribution is 7.89. The minimum absolute atomic E-state index is 0.0789. The summed E-state index contributed by atoms with van der Waals surface area (Å²) in [6.45, 7) is 2.27. The van der Waals surface area contributed by atoms with Crippen LogP contribution in [-0.2, 0) is 19.6 Å². The fourth-order valence-corrected chi connectivity index (χ4v) is 3.78. The number of imide groups is 1. The van der Waals surface area contributed by atoms with Crippen molar-refractivity contribution in [2.24, 2.45) is 0 Å². The molecule has 1 heterocycles. The molecule has 1 N–H and O–H groups in total. The Morgan fingerprint density at radius 3 is 2.46 bits per heavy atom. The third-order valence-electron chi connectivity index (χ3n) is 3.80. The molecule has 1 aromatic carbocycles. The van der Waals surface area contributed by atoms with E-state index in [1.807, 2.05) is 6.92 Å². The van der Waals surface area contributed by atoms with Crippen LogP contribution in [0.15, 0.2) is 23.1 Å². The van der Waals surface area contributed by atoms with Crippen LogP contribution >= 0.6 is 0 Å². The molecule has 1 aromatic rings. The Morgan fingerprint density at radius 1 is 1.21 bits per heavy atom. The molecule has 0 saturated carbocycles. The zero-order chi connectivity index (χ0) is 17.7. The largest absolute Gasteiger partial charge is 0.495 e. The molecule has 0 aromatic heterocycles. The molecule has 0 bridgehead atoms. The Morgan fingerprint density at radius 2 is 1.88 bits per heavy atom. The second kappa shape index (κ2) is 7.76. The number of benzene rings is 1. The SMILES string of the molecule is CCCCNS(=O)(=O)c1cc(N2C(=O)CCCC2=O)ccc1OC. The molecular formula is C16H22N2O5S. The molecule has 24 heavy (non-hydrogen) atoms. The zero-order valence-corrected chi connectivity index (χ0v) is 14.7. The number of carbonyl (C=O) groups excluding carboxylic acids is 2. The number of hydrogen-bond donors (Lipinski definition) is 1. The van der Waals surface area contributed by atoms with Crippen molar-refractivity contribution >= 4 is 27.5 Å². The van der Waals surface area contributed by atoms with E-state index in [0.717, 1.165) is 11.3 Å². The number of unbranched alkanes of at least 4 members (excludes halogenated alkanes) is 1. The van der Waals surface area contributed by atoms with Crippen LogP contribution in [0, 0.1) is 0 Å². The first-order valence-corrected chi connectivity index (χ1v) is 9.42. The van der Waals surface area contributed by atoms with Crippen molar-refractivity contribution in [1.29, 1.82) is 0 Å². The van der Waals surface area contributed by atoms with Gasteiger partial charge in [-0.15, -0.1) is 0 Å². The zero-order valence-electron chi connectivity index (χ0n) is 13.9. The summed E-state index contributed by atoms with van der Waals surface area (Å²) in [7, 11) is -2.42. The number of nitrogens with one attached hydrogen (secondary N) is 1. The molecule has 1 aliphatic heterocycles. The second-order valence-corrected chi connectivity index (χ2v) is 7.30. The van der Waals surface area contributed by atoms with E-state index in [9.17, 15) is 18.0 Å². The number of nitrogens with zero attached hydrogens (tertiary/aromatic N) is 1. The normalized spacial score (nSPS) is 15.7. The summed E-state index contributed by atoms with van der Waals surface area (Å²) < 4.78 is 32.6. The highest BCUT2D eigenvalue weighted by Gasteiger charge is 2.29. The molecule has 0 aliphatic carbocycles. The first kappa shape index (κ1) is 18.4. The summed E-state index contributed by atoms with van der Waals surface area (Å²) in [4.78, 5) is 25.1. The maximum atomic E-state index is 12.5. The monoisotopic (exact) mass is 354 g/mol. The standard InChI is InChI=1S/C16H22N2O5S/c1-3-4-10-17-24(21,22)14-11-12(8-9-13(14)23-2)18-15(19)6-5-7-16(18)20/h8-9,11,17H,3-7,10H2,1-2H3. The van der Waals surface area contributed by atoms with Crippen LogP contribution in [0.25, 0.3) is 0 Å². The number of sulfonamides is 1. The molecule has 0 unspecified atom stereocenters. The second-order valence-electron chi connectivity index (χ2n) is 5.56. The molecule has 7 nitrogen and oxygen atoms in total. The predicted molar refractivity (Wildman–Crippen MR) is 89.4 cm³/mol. The maximum Gasteiger partial charge on any atom is 0.244 e. The Labute approximate surface area is 142 Å². The van der Waals surface area contributed by atoms with E-state index >= 15 is 0 Å². The number of amides is 2. The number of hydrogen-bond acceptors (Lipinski definition) is 5. The molecule has 0 radical (unpaired) electrons. The van der Waals surface area contributed by atoms with Crippen molar-refractivity contribution in [3.05, 3.63) is 18.2 Å². The molecule has 0 atom stereocenters. The van der Waals surface area contributed by atoms with Gasteiger partial charge < -0.3 is 4.74 Å². The van der Waals surface area contributed by atoms with E-state index < -0.39 is 10.0 Å². The van der Waals surface area contributed by atoms with E-state index in [-0.39, 0.29) is 41.0 Å². The van der Waals surface area contributed by atoms with Crippen LogP contribution in [-0.4, -0.2) is 33.9 Å². The highest BCUT2D eigenvalue weighted by Crippen LogP contribution is 2.31. The van der Waals surface area contributed by atoms with Crippen molar-refractivity contribution in [3.63, 3.8) is 0 Å². The molecule has 1 saturated heterocycles. The van der Waals surface area contributed by atoms with Crippen molar-refractivity contribution < 1.29 is 22.7 Å². The average Bonchev–Trinajstić information content (AvgIpc) is 2.54. The topological polar surface area (TPSA) is 92.8 Å². The Hall–Kier alpha value is -1.93. The summed E-state index contributed by atoms with van der Waals surface area (Å²) in [6, 6.07) is 4.29. The number of rotatable bonds is 7. The Kier molecular flexibility index (Phi) is 5.95. The molecule has 1 fully saturated rings. The van der Waals surface area contributed by atoms with Crippen LogP contribution in [0.4, 0.5) is 5.69 Å². The van der Waals surface area contributed by atoms with E-state index in [4.69, 9.17) is 4.74 Å². The minimum atomic E-state index is -3.80. The van der Waals surface area contributed by atoms with Gasteiger partial charge in [-0.25, -0.2) is 13.1 Å². The van der Waals surface area contributed by atoms with Gasteiger partial charge in [-0.2, -0.15) is 0 Å². The van der Waals surface area contributed by atoms with Gasteiger partial charge in [0, 0.05) is 19.4 Å². The van der Waals surface area contributed by atoms with E-state index in [2.05, 4.69) is 4.72 Å². The van der Waals surface area contributed by atoms with Crippen molar-refractivity contribution in [2.45, 2.75) is 43.9 Å². The number of piperidine rings is 1. The molecule has 1 aliphatic rings. The lowest BCUT2D eigenvalue weighted by molar-refractivity contribution is -0.129. The first-order valence-electron chi connectivity index (χ1n) is 7.94. The summed E-state index contributed by atoms with van der Waals surface area (Å²) in [5.41, 5.74) is 0.251. The van der Waals surface area contributed by atoms with Crippen molar-refractivity contribution in [2.75, 3.05) is 18.6 Å². The van der Waals surface area contributed by atoms with Crippen LogP contribution in [0.2, 0.25) is 0 Å². The lowest BCUT2D eigenvalue weighted by atomic mass is 10.1. The Balaban J connectivity index is 2.40. The highest BCUT2D eigenvalue weighted by atomic mass is 32.2. The maximum absolute atomic E-state index is 12.5. The number of methoxy groups -OCH3 is 1. The lowest BCUT2D eigenvalue weighted by Crippen LogP contribution is -2.40. The van der Waals surface area contributed by atoms with Gasteiger partial charge >= 0.3 is 0 Å². The quantitative estimate of drug-likeness (QED) is 0.595. The minimum Gasteiger partial charge on any atom is -0.495 e. The molecule has 132 valence electrons. The van der Waals surface area contributed by atoms with Gasteiger partial charge in [-0.3, -0.25) is 14.5 Å². The van der Waals surface area contributed by atoms with Crippen molar-refractivity contribution in [3.8, 4) is 5.75 Å². The van der Waals surface area contributed by atoms with Crippen LogP contribution in [0.5, 0.6) is 5.75 Å². The van der Waals surface area contributed by atoms with E-state index in [1.54, 1.807) is 0 Å². The fourth-order valence-electron chi connectivity index (χ4n) is 2.52. The van der Waals surface area contributed by atoms with Crippen LogP contribution in [0.1, 0.15) is 39.0 Å². The molecule has 2 amide bonds. The van der Waals surface area contributed by atoms with E-state index in [0.29, 0.717) is 19.4 Å². The Bertz CT molecular complexity index is 714. The van der Waals surface area contributed by atoms with Gasteiger partial charge in [0.15, 0.2) is 0 Å². The third kappa shape index (κ3) is 3.93. The van der Waals surface area contributed by atoms with Gasteiger partial charge in [0.1, 0.15) is 10.6 Å². The van der Waals surface area contributed by atoms with Crippen LogP contribution in [0.3, 0.4) is 0 Å². The van der Waals surface area contributed by atoms with Gasteiger partial charge in [0.05, 0.1) is 12.8 Å². The molecule has 0 spiro atoms. The first-order chi connectivity index (χ1) is 11.4. The lowest BCUT2D eigenvalue weighted by Gasteiger charge is -2.25. The molecular weight excluding hydrogens is 332 g/mol. The summed E-state index contributed by atoms with van der Waals surface area (Å²) in [5.74, 6) is -0.475. The number of carbonyl (C=O) groups is 2. The molecule has 2 rings (SSSR count). The van der Waals surface area contributed by atoms with Gasteiger partial charge in [-0.05, 0) is 31.0 Å². The van der Waals surface area contributed by atoms with Crippen molar-refractivity contribution in [1.82, 2.24) is 4.72 Å². The summed E-state index contributed by atoms with van der Waals surface area (Å²) in [6.07, 6.45) is 2.64. The van der Waals surface area contributed by atoms with E-state index in [1.165, 1.54) is 25.3 Å². The summed E-state index contributed by atoms with van der Waals surface area (Å²) >= 11 is 0. The number of ether oxygens (including phenoxy) is 1. The average molecular weight is 354 g/mol. The number of anilines is 1. The van der Waals surface area contributed by atoms with Gasteiger partial charge in [0.25, 0.3) is 0 Å².